The van der Waals surface area contributed by atoms with Crippen molar-refractivity contribution in [3.05, 3.63) is 22.6 Å². The van der Waals surface area contributed by atoms with Crippen molar-refractivity contribution in [3.63, 3.8) is 0 Å². The average Bonchev–Trinajstić information content (AvgIpc) is 2.39. The number of anilines is 1. The number of carboxylic acid groups (broad SMARTS) is 1. The second kappa shape index (κ2) is 6.03. The predicted octanol–water partition coefficient (Wildman–Crippen LogP) is 0.550. The van der Waals surface area contributed by atoms with Gasteiger partial charge in [-0.2, -0.15) is 5.10 Å². The molecule has 1 N–H and O–H groups in total. The molecule has 8 heteroatoms. The number of ether oxygens (including phenoxy) is 1. The summed E-state index contributed by atoms with van der Waals surface area (Å²) in [5.74, 6) is -1.18. The van der Waals surface area contributed by atoms with E-state index in [1.807, 2.05) is 18.7 Å². The Hall–Kier alpha value is -1.60. The van der Waals surface area contributed by atoms with Gasteiger partial charge in [-0.1, -0.05) is 0 Å². The highest BCUT2D eigenvalue weighted by atomic mass is 35.5. The van der Waals surface area contributed by atoms with Crippen molar-refractivity contribution in [2.45, 2.75) is 31.4 Å². The maximum absolute atomic E-state index is 12.0. The van der Waals surface area contributed by atoms with Crippen molar-refractivity contribution in [2.24, 2.45) is 0 Å². The fourth-order valence-electron chi connectivity index (χ4n) is 2.20. The summed E-state index contributed by atoms with van der Waals surface area (Å²) in [6.45, 7) is 5.73. The van der Waals surface area contributed by atoms with Crippen LogP contribution in [0.15, 0.2) is 17.1 Å². The van der Waals surface area contributed by atoms with Crippen LogP contribution in [0.2, 0.25) is 0 Å². The van der Waals surface area contributed by atoms with E-state index in [4.69, 9.17) is 21.4 Å². The fraction of sp³-hybridized carbons (Fsp3) is 0.615. The molecule has 1 aromatic heterocycles. The number of halogens is 1. The molecule has 0 bridgehead atoms. The van der Waals surface area contributed by atoms with Crippen molar-refractivity contribution in [2.75, 3.05) is 24.6 Å². The van der Waals surface area contributed by atoms with Crippen LogP contribution < -0.4 is 10.5 Å². The number of morpholine rings is 1. The van der Waals surface area contributed by atoms with Gasteiger partial charge in [0.2, 0.25) is 0 Å². The Morgan fingerprint density at radius 2 is 2.33 bits per heavy atom. The van der Waals surface area contributed by atoms with Crippen molar-refractivity contribution in [1.82, 2.24) is 9.78 Å². The maximum atomic E-state index is 12.0. The largest absolute Gasteiger partial charge is 0.480 e. The summed E-state index contributed by atoms with van der Waals surface area (Å²) >= 11 is 5.62. The first-order chi connectivity index (χ1) is 9.78. The molecule has 0 amide bonds. The molecule has 1 atom stereocenters. The maximum Gasteiger partial charge on any atom is 0.323 e. The summed E-state index contributed by atoms with van der Waals surface area (Å²) < 4.78 is 6.68. The van der Waals surface area contributed by atoms with Crippen LogP contribution in [0.1, 0.15) is 13.8 Å². The van der Waals surface area contributed by atoms with Gasteiger partial charge in [-0.3, -0.25) is 9.59 Å². The zero-order valence-electron chi connectivity index (χ0n) is 12.0. The van der Waals surface area contributed by atoms with Gasteiger partial charge in [0.1, 0.15) is 0 Å². The Morgan fingerprint density at radius 3 is 2.90 bits per heavy atom. The molecule has 1 aliphatic heterocycles. The van der Waals surface area contributed by atoms with Gasteiger partial charge in [0.05, 0.1) is 30.6 Å². The van der Waals surface area contributed by atoms with Gasteiger partial charge in [-0.25, -0.2) is 4.68 Å². The van der Waals surface area contributed by atoms with Crippen molar-refractivity contribution in [1.29, 1.82) is 0 Å². The zero-order valence-corrected chi connectivity index (χ0v) is 12.7. The van der Waals surface area contributed by atoms with Gasteiger partial charge in [0.15, 0.2) is 5.38 Å². The minimum atomic E-state index is -1.18. The molecule has 2 heterocycles. The average molecular weight is 316 g/mol. The minimum Gasteiger partial charge on any atom is -0.480 e. The molecule has 0 radical (unpaired) electrons. The predicted molar refractivity (Wildman–Crippen MR) is 78.0 cm³/mol. The molecule has 1 aromatic rings. The van der Waals surface area contributed by atoms with Gasteiger partial charge < -0.3 is 14.7 Å². The third-order valence-electron chi connectivity index (χ3n) is 3.25. The lowest BCUT2D eigenvalue weighted by molar-refractivity contribution is -0.136. The lowest BCUT2D eigenvalue weighted by Gasteiger charge is -2.39. The first kappa shape index (κ1) is 15.8. The van der Waals surface area contributed by atoms with Gasteiger partial charge >= 0.3 is 5.97 Å². The molecular weight excluding hydrogens is 298 g/mol. The number of nitrogens with zero attached hydrogens (tertiary/aromatic N) is 3. The quantitative estimate of drug-likeness (QED) is 0.817. The van der Waals surface area contributed by atoms with E-state index in [1.54, 1.807) is 6.20 Å². The second-order valence-corrected chi connectivity index (χ2v) is 6.10. The number of carbonyl (C=O) groups is 1. The Bertz CT molecular complexity index is 587. The van der Waals surface area contributed by atoms with Crippen LogP contribution in [0.25, 0.3) is 0 Å². The number of rotatable bonds is 4. The number of carboxylic acids is 1. The standard InChI is InChI=1S/C13H18ClN3O4/c1-13(2)8-16(3-4-21-13)9-5-11(18)17(15-6-9)7-10(14)12(19)20/h5-6,10H,3-4,7-8H2,1-2H3,(H,19,20). The summed E-state index contributed by atoms with van der Waals surface area (Å²) in [5, 5.41) is 11.6. The van der Waals surface area contributed by atoms with E-state index in [2.05, 4.69) is 5.10 Å². The number of hydrogen-bond acceptors (Lipinski definition) is 5. The summed E-state index contributed by atoms with van der Waals surface area (Å²) in [4.78, 5) is 24.7. The van der Waals surface area contributed by atoms with Crippen LogP contribution in [0.4, 0.5) is 5.69 Å². The van der Waals surface area contributed by atoms with E-state index < -0.39 is 11.3 Å². The highest BCUT2D eigenvalue weighted by molar-refractivity contribution is 6.29. The van der Waals surface area contributed by atoms with Gasteiger partial charge in [0.25, 0.3) is 5.56 Å². The van der Waals surface area contributed by atoms with E-state index in [1.165, 1.54) is 6.07 Å². The Labute approximate surface area is 127 Å². The molecule has 116 valence electrons. The lowest BCUT2D eigenvalue weighted by atomic mass is 10.1. The number of aliphatic carboxylic acids is 1. The van der Waals surface area contributed by atoms with Crippen LogP contribution in [-0.2, 0) is 16.1 Å². The molecular formula is C13H18ClN3O4. The minimum absolute atomic E-state index is 0.162. The smallest absolute Gasteiger partial charge is 0.323 e. The second-order valence-electron chi connectivity index (χ2n) is 5.57. The van der Waals surface area contributed by atoms with E-state index in [0.717, 1.165) is 4.68 Å². The summed E-state index contributed by atoms with van der Waals surface area (Å²) in [5.41, 5.74) is 0.0512. The molecule has 1 fully saturated rings. The molecule has 21 heavy (non-hydrogen) atoms. The molecule has 0 aliphatic carbocycles. The van der Waals surface area contributed by atoms with Crippen LogP contribution in [-0.4, -0.2) is 51.5 Å². The first-order valence-electron chi connectivity index (χ1n) is 6.61. The van der Waals surface area contributed by atoms with E-state index in [0.29, 0.717) is 25.4 Å². The molecule has 0 spiro atoms. The topological polar surface area (TPSA) is 84.7 Å². The third-order valence-corrected chi connectivity index (χ3v) is 3.57. The summed E-state index contributed by atoms with van der Waals surface area (Å²) in [6, 6.07) is 1.44. The van der Waals surface area contributed by atoms with Crippen molar-refractivity contribution >= 4 is 23.3 Å². The Morgan fingerprint density at radius 1 is 1.62 bits per heavy atom. The van der Waals surface area contributed by atoms with Crippen LogP contribution >= 0.6 is 11.6 Å². The summed E-state index contributed by atoms with van der Waals surface area (Å²) in [6.07, 6.45) is 1.55. The number of alkyl halides is 1. The molecule has 0 aromatic carbocycles. The SMILES string of the molecule is CC1(C)CN(c2cnn(CC(Cl)C(=O)O)c(=O)c2)CCO1. The van der Waals surface area contributed by atoms with E-state index >= 15 is 0 Å². The van der Waals surface area contributed by atoms with Gasteiger partial charge in [-0.15, -0.1) is 11.6 Å². The van der Waals surface area contributed by atoms with Crippen LogP contribution in [0.3, 0.4) is 0 Å². The van der Waals surface area contributed by atoms with E-state index in [9.17, 15) is 9.59 Å². The molecule has 7 nitrogen and oxygen atoms in total. The van der Waals surface area contributed by atoms with Crippen molar-refractivity contribution < 1.29 is 14.6 Å². The van der Waals surface area contributed by atoms with Gasteiger partial charge in [-0.05, 0) is 13.8 Å². The van der Waals surface area contributed by atoms with Crippen molar-refractivity contribution in [3.8, 4) is 0 Å². The molecule has 1 saturated heterocycles. The summed E-state index contributed by atoms with van der Waals surface area (Å²) in [7, 11) is 0. The molecule has 1 aliphatic rings. The van der Waals surface area contributed by atoms with Crippen LogP contribution in [0, 0.1) is 0 Å². The molecule has 2 rings (SSSR count). The number of aromatic nitrogens is 2. The molecule has 0 saturated carbocycles. The Balaban J connectivity index is 2.15. The monoisotopic (exact) mass is 315 g/mol. The third kappa shape index (κ3) is 3.95. The highest BCUT2D eigenvalue weighted by Crippen LogP contribution is 2.21. The zero-order chi connectivity index (χ0) is 15.6. The first-order valence-corrected chi connectivity index (χ1v) is 7.05. The molecule has 1 unspecified atom stereocenters. The van der Waals surface area contributed by atoms with Gasteiger partial charge in [0, 0.05) is 19.2 Å². The lowest BCUT2D eigenvalue weighted by Crippen LogP contribution is -2.48. The Kier molecular flexibility index (Phi) is 4.53. The highest BCUT2D eigenvalue weighted by Gasteiger charge is 2.27. The normalized spacial score (nSPS) is 19.3. The van der Waals surface area contributed by atoms with E-state index in [-0.39, 0.29) is 17.7 Å². The van der Waals surface area contributed by atoms with Crippen LogP contribution in [0.5, 0.6) is 0 Å². The number of hydrogen-bond donors (Lipinski definition) is 1. The fourth-order valence-corrected chi connectivity index (χ4v) is 2.33.